The van der Waals surface area contributed by atoms with Crippen LogP contribution < -0.4 is 0 Å². The first-order valence-electron chi connectivity index (χ1n) is 12.3. The number of ether oxygens (including phenoxy) is 1. The third-order valence-electron chi connectivity index (χ3n) is 6.69. The van der Waals surface area contributed by atoms with E-state index in [2.05, 4.69) is 21.9 Å². The lowest BCUT2D eigenvalue weighted by molar-refractivity contribution is -0.0296. The quantitative estimate of drug-likeness (QED) is 0.257. The van der Waals surface area contributed by atoms with Gasteiger partial charge in [-0.05, 0) is 49.6 Å². The fourth-order valence-electron chi connectivity index (χ4n) is 4.59. The van der Waals surface area contributed by atoms with Gasteiger partial charge in [-0.25, -0.2) is 19.3 Å². The number of hydrogen-bond donors (Lipinski definition) is 0. The highest BCUT2D eigenvalue weighted by Crippen LogP contribution is 2.40. The lowest BCUT2D eigenvalue weighted by atomic mass is 9.89. The highest BCUT2D eigenvalue weighted by Gasteiger charge is 2.33. The number of furan rings is 1. The van der Waals surface area contributed by atoms with Gasteiger partial charge in [0.1, 0.15) is 23.5 Å². The summed E-state index contributed by atoms with van der Waals surface area (Å²) in [7, 11) is 1.91. The van der Waals surface area contributed by atoms with Crippen LogP contribution >= 0.6 is 0 Å². The van der Waals surface area contributed by atoms with Crippen molar-refractivity contribution < 1.29 is 13.5 Å². The Kier molecular flexibility index (Phi) is 5.85. The normalized spacial score (nSPS) is 17.5. The van der Waals surface area contributed by atoms with E-state index >= 15 is 0 Å². The lowest BCUT2D eigenvalue weighted by Gasteiger charge is -2.35. The predicted molar refractivity (Wildman–Crippen MR) is 134 cm³/mol. The van der Waals surface area contributed by atoms with Gasteiger partial charge in [-0.2, -0.15) is 5.10 Å². The second kappa shape index (κ2) is 9.31. The molecule has 0 unspecified atom stereocenters. The highest BCUT2D eigenvalue weighted by molar-refractivity contribution is 5.95. The molecule has 8 nitrogen and oxygen atoms in total. The number of rotatable bonds is 8. The molecule has 0 saturated heterocycles. The summed E-state index contributed by atoms with van der Waals surface area (Å²) < 4.78 is 29.5. The summed E-state index contributed by atoms with van der Waals surface area (Å²) in [5, 5.41) is 5.72. The molecule has 0 N–H and O–H groups in total. The van der Waals surface area contributed by atoms with E-state index < -0.39 is 0 Å². The molecule has 5 aromatic rings. The molecule has 0 aliphatic heterocycles. The molecule has 1 saturated carbocycles. The zero-order chi connectivity index (χ0) is 24.6. The van der Waals surface area contributed by atoms with Gasteiger partial charge in [-0.15, -0.1) is 0 Å². The number of aromatic nitrogens is 6. The molecule has 9 heteroatoms. The maximum absolute atomic E-state index is 13.7. The van der Waals surface area contributed by atoms with Crippen LogP contribution in [0.15, 0.2) is 59.8 Å². The highest BCUT2D eigenvalue weighted by atomic mass is 19.1. The molecule has 4 heterocycles. The standard InChI is InChI=1S/C27H27FN6O2/c1-3-4-9-35-20-10-19(11-20)34-13-22(25(32-34)17-5-7-18(28)8-6-17)26-21-12-24(23-14-33(2)16-31-23)36-27(21)30-15-29-26/h5-8,12-16,19-20H,3-4,9-11H2,1-2H3. The van der Waals surface area contributed by atoms with Gasteiger partial charge in [0.05, 0.1) is 29.6 Å². The van der Waals surface area contributed by atoms with Crippen LogP contribution in [-0.2, 0) is 11.8 Å². The van der Waals surface area contributed by atoms with Gasteiger partial charge < -0.3 is 13.7 Å². The largest absolute Gasteiger partial charge is 0.436 e. The summed E-state index contributed by atoms with van der Waals surface area (Å²) in [4.78, 5) is 13.4. The van der Waals surface area contributed by atoms with Crippen molar-refractivity contribution in [2.45, 2.75) is 44.8 Å². The van der Waals surface area contributed by atoms with Crippen molar-refractivity contribution in [3.8, 4) is 34.0 Å². The Balaban J connectivity index is 1.39. The van der Waals surface area contributed by atoms with E-state index in [9.17, 15) is 4.39 Å². The molecular formula is C27H27FN6O2. The van der Waals surface area contributed by atoms with Crippen LogP contribution in [0, 0.1) is 5.82 Å². The van der Waals surface area contributed by atoms with Crippen LogP contribution in [0.5, 0.6) is 0 Å². The number of fused-ring (bicyclic) bond motifs is 1. The van der Waals surface area contributed by atoms with Crippen molar-refractivity contribution in [1.82, 2.24) is 29.3 Å². The number of aryl methyl sites for hydroxylation is 1. The van der Waals surface area contributed by atoms with Gasteiger partial charge in [0.15, 0.2) is 5.76 Å². The molecule has 0 spiro atoms. The third kappa shape index (κ3) is 4.19. The Bertz CT molecular complexity index is 1500. The fraction of sp³-hybridized carbons (Fsp3) is 0.333. The van der Waals surface area contributed by atoms with Crippen LogP contribution in [0.4, 0.5) is 4.39 Å². The average molecular weight is 487 g/mol. The maximum atomic E-state index is 13.7. The van der Waals surface area contributed by atoms with Gasteiger partial charge >= 0.3 is 0 Å². The van der Waals surface area contributed by atoms with Crippen LogP contribution in [-0.4, -0.2) is 42.0 Å². The van der Waals surface area contributed by atoms with E-state index in [-0.39, 0.29) is 18.0 Å². The van der Waals surface area contributed by atoms with Crippen LogP contribution in [0.25, 0.3) is 45.1 Å². The molecule has 4 aromatic heterocycles. The molecule has 0 atom stereocenters. The molecule has 0 amide bonds. The Morgan fingerprint density at radius 2 is 1.92 bits per heavy atom. The first-order chi connectivity index (χ1) is 17.6. The Morgan fingerprint density at radius 3 is 2.67 bits per heavy atom. The molecule has 1 fully saturated rings. The van der Waals surface area contributed by atoms with Crippen LogP contribution in [0.1, 0.15) is 38.6 Å². The van der Waals surface area contributed by atoms with Gasteiger partial charge in [-0.1, -0.05) is 13.3 Å². The fourth-order valence-corrected chi connectivity index (χ4v) is 4.59. The van der Waals surface area contributed by atoms with Gasteiger partial charge in [0.25, 0.3) is 0 Å². The first-order valence-corrected chi connectivity index (χ1v) is 12.3. The van der Waals surface area contributed by atoms with E-state index in [1.165, 1.54) is 18.5 Å². The number of unbranched alkanes of at least 4 members (excludes halogenated alkanes) is 1. The number of imidazole rings is 1. The number of halogens is 1. The minimum absolute atomic E-state index is 0.246. The van der Waals surface area contributed by atoms with Gasteiger partial charge in [-0.3, -0.25) is 4.68 Å². The maximum Gasteiger partial charge on any atom is 0.230 e. The monoisotopic (exact) mass is 486 g/mol. The second-order valence-electron chi connectivity index (χ2n) is 9.33. The van der Waals surface area contributed by atoms with Crippen LogP contribution in [0.2, 0.25) is 0 Å². The van der Waals surface area contributed by atoms with E-state index in [1.54, 1.807) is 18.5 Å². The van der Waals surface area contributed by atoms with Crippen molar-refractivity contribution in [3.63, 3.8) is 0 Å². The van der Waals surface area contributed by atoms with Crippen LogP contribution in [0.3, 0.4) is 0 Å². The average Bonchev–Trinajstić information content (AvgIpc) is 3.58. The van der Waals surface area contributed by atoms with E-state index in [1.807, 2.05) is 34.8 Å². The molecule has 1 aromatic carbocycles. The molecule has 6 rings (SSSR count). The molecule has 0 radical (unpaired) electrons. The van der Waals surface area contributed by atoms with Crippen molar-refractivity contribution in [3.05, 3.63) is 61.2 Å². The zero-order valence-corrected chi connectivity index (χ0v) is 20.3. The summed E-state index contributed by atoms with van der Waals surface area (Å²) in [6.07, 6.45) is 11.5. The number of hydrogen-bond acceptors (Lipinski definition) is 6. The zero-order valence-electron chi connectivity index (χ0n) is 20.3. The Hall–Kier alpha value is -3.85. The minimum atomic E-state index is -0.287. The molecule has 1 aliphatic carbocycles. The minimum Gasteiger partial charge on any atom is -0.436 e. The number of nitrogens with zero attached hydrogens (tertiary/aromatic N) is 6. The summed E-state index contributed by atoms with van der Waals surface area (Å²) in [6.45, 7) is 2.97. The smallest absolute Gasteiger partial charge is 0.230 e. The molecule has 1 aliphatic rings. The van der Waals surface area contributed by atoms with Crippen molar-refractivity contribution in [2.75, 3.05) is 6.61 Å². The lowest BCUT2D eigenvalue weighted by Crippen LogP contribution is -2.33. The Labute approximate surface area is 207 Å². The summed E-state index contributed by atoms with van der Waals surface area (Å²) >= 11 is 0. The third-order valence-corrected chi connectivity index (χ3v) is 6.69. The molecule has 0 bridgehead atoms. The molecular weight excluding hydrogens is 459 g/mol. The topological polar surface area (TPSA) is 83.8 Å². The Morgan fingerprint density at radius 1 is 1.08 bits per heavy atom. The summed E-state index contributed by atoms with van der Waals surface area (Å²) in [5.74, 6) is 0.333. The number of benzene rings is 1. The van der Waals surface area contributed by atoms with E-state index in [0.717, 1.165) is 60.2 Å². The molecule has 184 valence electrons. The van der Waals surface area contributed by atoms with Gasteiger partial charge in [0.2, 0.25) is 5.71 Å². The van der Waals surface area contributed by atoms with Crippen molar-refractivity contribution in [2.24, 2.45) is 7.05 Å². The van der Waals surface area contributed by atoms with E-state index in [4.69, 9.17) is 14.3 Å². The van der Waals surface area contributed by atoms with Gasteiger partial charge in [0, 0.05) is 37.2 Å². The molecule has 36 heavy (non-hydrogen) atoms. The first kappa shape index (κ1) is 22.6. The van der Waals surface area contributed by atoms with Crippen molar-refractivity contribution >= 4 is 11.1 Å². The van der Waals surface area contributed by atoms with Crippen molar-refractivity contribution in [1.29, 1.82) is 0 Å². The summed E-state index contributed by atoms with van der Waals surface area (Å²) in [5.41, 5.74) is 4.32. The summed E-state index contributed by atoms with van der Waals surface area (Å²) in [6, 6.07) is 8.55. The SMILES string of the molecule is CCCCOC1CC(n2cc(-c3ncnc4oc(-c5cn(C)cn5)cc34)c(-c3ccc(F)cc3)n2)C1. The second-order valence-corrected chi connectivity index (χ2v) is 9.33. The predicted octanol–water partition coefficient (Wildman–Crippen LogP) is 5.81. The van der Waals surface area contributed by atoms with E-state index in [0.29, 0.717) is 17.2 Å².